The van der Waals surface area contributed by atoms with E-state index in [1.54, 1.807) is 0 Å². The number of rotatable bonds is 6. The highest BCUT2D eigenvalue weighted by Gasteiger charge is 2.22. The van der Waals surface area contributed by atoms with Gasteiger partial charge in [-0.15, -0.1) is 11.3 Å². The van der Waals surface area contributed by atoms with Crippen LogP contribution in [0.15, 0.2) is 29.9 Å². The quantitative estimate of drug-likeness (QED) is 0.879. The van der Waals surface area contributed by atoms with Crippen molar-refractivity contribution in [3.63, 3.8) is 0 Å². The molecule has 0 spiro atoms. The maximum absolute atomic E-state index is 6.15. The lowest BCUT2D eigenvalue weighted by Gasteiger charge is -2.30. The molecule has 2 aromatic rings. The van der Waals surface area contributed by atoms with E-state index >= 15 is 0 Å². The molecule has 0 bridgehead atoms. The van der Waals surface area contributed by atoms with Gasteiger partial charge in [0.15, 0.2) is 0 Å². The molecule has 4 nitrogen and oxygen atoms in total. The molecule has 0 aliphatic carbocycles. The van der Waals surface area contributed by atoms with E-state index in [0.717, 1.165) is 13.0 Å². The summed E-state index contributed by atoms with van der Waals surface area (Å²) in [7, 11) is 4.07. The zero-order valence-electron chi connectivity index (χ0n) is 11.8. The molecule has 19 heavy (non-hydrogen) atoms. The fraction of sp³-hybridized carbons (Fsp3) is 0.500. The number of hydrogen-bond donors (Lipinski definition) is 1. The summed E-state index contributed by atoms with van der Waals surface area (Å²) < 4.78 is 1.83. The van der Waals surface area contributed by atoms with Crippen LogP contribution in [-0.4, -0.2) is 34.3 Å². The number of nitrogens with two attached hydrogens (primary N) is 1. The van der Waals surface area contributed by atoms with Gasteiger partial charge in [0.1, 0.15) is 0 Å². The van der Waals surface area contributed by atoms with Crippen molar-refractivity contribution in [2.24, 2.45) is 12.8 Å². The van der Waals surface area contributed by atoms with Crippen LogP contribution < -0.4 is 5.73 Å². The molecular formula is C14H22N4S. The molecule has 2 N–H and O–H groups in total. The summed E-state index contributed by atoms with van der Waals surface area (Å²) in [5.74, 6) is 0. The number of hydrogen-bond acceptors (Lipinski definition) is 4. The van der Waals surface area contributed by atoms with Crippen molar-refractivity contribution in [1.29, 1.82) is 0 Å². The lowest BCUT2D eigenvalue weighted by molar-refractivity contribution is 0.222. The predicted molar refractivity (Wildman–Crippen MR) is 80.3 cm³/mol. The predicted octanol–water partition coefficient (Wildman–Crippen LogP) is 2.04. The Hall–Kier alpha value is -1.17. The van der Waals surface area contributed by atoms with E-state index in [0.29, 0.717) is 0 Å². The molecule has 0 radical (unpaired) electrons. The summed E-state index contributed by atoms with van der Waals surface area (Å²) >= 11 is 1.81. The summed E-state index contributed by atoms with van der Waals surface area (Å²) in [6, 6.07) is 4.58. The van der Waals surface area contributed by atoms with E-state index in [9.17, 15) is 0 Å². The second-order valence-electron chi connectivity index (χ2n) is 5.06. The minimum atomic E-state index is 0.0811. The van der Waals surface area contributed by atoms with Crippen LogP contribution in [0.3, 0.4) is 0 Å². The second-order valence-corrected chi connectivity index (χ2v) is 6.09. The fourth-order valence-electron chi connectivity index (χ4n) is 2.43. The lowest BCUT2D eigenvalue weighted by atomic mass is 10.0. The Bertz CT molecular complexity index is 489. The third-order valence-corrected chi connectivity index (χ3v) is 4.27. The van der Waals surface area contributed by atoms with E-state index < -0.39 is 0 Å². The highest BCUT2D eigenvalue weighted by Crippen LogP contribution is 2.22. The van der Waals surface area contributed by atoms with Crippen LogP contribution in [0.4, 0.5) is 0 Å². The average Bonchev–Trinajstić information content (AvgIpc) is 2.98. The largest absolute Gasteiger partial charge is 0.326 e. The fourth-order valence-corrected chi connectivity index (χ4v) is 3.13. The third kappa shape index (κ3) is 3.65. The first-order chi connectivity index (χ1) is 9.08. The van der Waals surface area contributed by atoms with E-state index in [-0.39, 0.29) is 12.1 Å². The van der Waals surface area contributed by atoms with Gasteiger partial charge in [0.05, 0.1) is 12.2 Å². The number of thiophene rings is 1. The van der Waals surface area contributed by atoms with Crippen molar-refractivity contribution < 1.29 is 0 Å². The van der Waals surface area contributed by atoms with Crippen molar-refractivity contribution >= 4 is 11.3 Å². The first-order valence-electron chi connectivity index (χ1n) is 6.54. The molecule has 2 unspecified atom stereocenters. The van der Waals surface area contributed by atoms with Crippen LogP contribution in [-0.2, 0) is 13.5 Å². The average molecular weight is 278 g/mol. The lowest BCUT2D eigenvalue weighted by Crippen LogP contribution is -2.38. The SMILES string of the molecule is CC(N)C(c1cnn(C)c1)N(C)CCc1cccs1. The molecular weight excluding hydrogens is 256 g/mol. The maximum Gasteiger partial charge on any atom is 0.0538 e. The molecule has 0 aliphatic rings. The highest BCUT2D eigenvalue weighted by molar-refractivity contribution is 7.09. The minimum absolute atomic E-state index is 0.0811. The van der Waals surface area contributed by atoms with Crippen LogP contribution in [0.5, 0.6) is 0 Å². The summed E-state index contributed by atoms with van der Waals surface area (Å²) in [6.07, 6.45) is 5.03. The Labute approximate surface area is 118 Å². The monoisotopic (exact) mass is 278 g/mol. The molecule has 0 aliphatic heterocycles. The molecule has 0 aromatic carbocycles. The number of aryl methyl sites for hydroxylation is 1. The van der Waals surface area contributed by atoms with Gasteiger partial charge in [-0.25, -0.2) is 0 Å². The Morgan fingerprint density at radius 2 is 2.32 bits per heavy atom. The summed E-state index contributed by atoms with van der Waals surface area (Å²) in [4.78, 5) is 3.74. The highest BCUT2D eigenvalue weighted by atomic mass is 32.1. The maximum atomic E-state index is 6.15. The smallest absolute Gasteiger partial charge is 0.0538 e. The zero-order valence-corrected chi connectivity index (χ0v) is 12.6. The van der Waals surface area contributed by atoms with Crippen molar-refractivity contribution in [2.75, 3.05) is 13.6 Å². The van der Waals surface area contributed by atoms with Crippen LogP contribution in [0.2, 0.25) is 0 Å². The molecule has 2 heterocycles. The Balaban J connectivity index is 2.02. The first kappa shape index (κ1) is 14.2. The van der Waals surface area contributed by atoms with Crippen LogP contribution in [0.25, 0.3) is 0 Å². The molecule has 0 amide bonds. The topological polar surface area (TPSA) is 47.1 Å². The zero-order chi connectivity index (χ0) is 13.8. The summed E-state index contributed by atoms with van der Waals surface area (Å²) in [5.41, 5.74) is 7.34. The first-order valence-corrected chi connectivity index (χ1v) is 7.42. The Morgan fingerprint density at radius 1 is 1.53 bits per heavy atom. The number of likely N-dealkylation sites (N-methyl/N-ethyl adjacent to an activating group) is 1. The van der Waals surface area contributed by atoms with Gasteiger partial charge in [0.2, 0.25) is 0 Å². The molecule has 5 heteroatoms. The van der Waals surface area contributed by atoms with Crippen LogP contribution in [0, 0.1) is 0 Å². The van der Waals surface area contributed by atoms with E-state index in [2.05, 4.69) is 47.7 Å². The van der Waals surface area contributed by atoms with Crippen LogP contribution >= 0.6 is 11.3 Å². The third-order valence-electron chi connectivity index (χ3n) is 3.33. The minimum Gasteiger partial charge on any atom is -0.326 e. The normalized spacial score (nSPS) is 14.8. The van der Waals surface area contributed by atoms with Gasteiger partial charge >= 0.3 is 0 Å². The molecule has 2 rings (SSSR count). The summed E-state index contributed by atoms with van der Waals surface area (Å²) in [6.45, 7) is 3.06. The molecule has 2 aromatic heterocycles. The van der Waals surface area contributed by atoms with Crippen molar-refractivity contribution in [3.05, 3.63) is 40.3 Å². The van der Waals surface area contributed by atoms with E-state index in [4.69, 9.17) is 5.73 Å². The second kappa shape index (κ2) is 6.32. The molecule has 0 saturated carbocycles. The standard InChI is InChI=1S/C14H22N4S/c1-11(15)14(12-9-16-18(3)10-12)17(2)7-6-13-5-4-8-19-13/h4-5,8-11,14H,6-7,15H2,1-3H3. The van der Waals surface area contributed by atoms with Gasteiger partial charge in [0.25, 0.3) is 0 Å². The van der Waals surface area contributed by atoms with Gasteiger partial charge in [-0.05, 0) is 31.8 Å². The molecule has 0 fully saturated rings. The van der Waals surface area contributed by atoms with Crippen molar-refractivity contribution in [3.8, 4) is 0 Å². The van der Waals surface area contributed by atoms with Crippen LogP contribution in [0.1, 0.15) is 23.4 Å². The Morgan fingerprint density at radius 3 is 2.84 bits per heavy atom. The van der Waals surface area contributed by atoms with Crippen molar-refractivity contribution in [1.82, 2.24) is 14.7 Å². The van der Waals surface area contributed by atoms with Crippen molar-refractivity contribution in [2.45, 2.75) is 25.4 Å². The van der Waals surface area contributed by atoms with Gasteiger partial charge in [-0.3, -0.25) is 9.58 Å². The summed E-state index contributed by atoms with van der Waals surface area (Å²) in [5, 5.41) is 6.37. The molecule has 0 saturated heterocycles. The van der Waals surface area contributed by atoms with E-state index in [1.807, 2.05) is 29.3 Å². The number of nitrogens with zero attached hydrogens (tertiary/aromatic N) is 3. The van der Waals surface area contributed by atoms with Gasteiger partial charge in [-0.1, -0.05) is 6.07 Å². The van der Waals surface area contributed by atoms with Gasteiger partial charge < -0.3 is 5.73 Å². The molecule has 104 valence electrons. The Kier molecular flexibility index (Phi) is 4.74. The van der Waals surface area contributed by atoms with Gasteiger partial charge in [0, 0.05) is 36.3 Å². The van der Waals surface area contributed by atoms with Gasteiger partial charge in [-0.2, -0.15) is 5.10 Å². The van der Waals surface area contributed by atoms with E-state index in [1.165, 1.54) is 10.4 Å². The molecule has 2 atom stereocenters. The number of aromatic nitrogens is 2.